The molecule has 0 heterocycles. The molecule has 0 aromatic rings. The Bertz CT molecular complexity index is 229. The quantitative estimate of drug-likeness (QED) is 0.367. The van der Waals surface area contributed by atoms with Gasteiger partial charge < -0.3 is 4.90 Å². The zero-order valence-corrected chi connectivity index (χ0v) is 8.76. The number of allylic oxidation sites excluding steroid dienone is 1. The van der Waals surface area contributed by atoms with Crippen LogP contribution in [0.15, 0.2) is 11.8 Å². The first kappa shape index (κ1) is 11.9. The van der Waals surface area contributed by atoms with E-state index in [1.165, 1.54) is 6.92 Å². The summed E-state index contributed by atoms with van der Waals surface area (Å²) < 4.78 is 0. The fourth-order valence-electron chi connectivity index (χ4n) is 0.979. The van der Waals surface area contributed by atoms with Crippen LogP contribution in [0.1, 0.15) is 26.7 Å². The third-order valence-electron chi connectivity index (χ3n) is 1.54. The van der Waals surface area contributed by atoms with E-state index in [1.54, 1.807) is 25.2 Å². The van der Waals surface area contributed by atoms with Gasteiger partial charge in [0, 0.05) is 26.7 Å². The molecule has 0 aromatic heterocycles. The molecule has 0 N–H and O–H groups in total. The summed E-state index contributed by atoms with van der Waals surface area (Å²) in [4.78, 5) is 24.2. The Morgan fingerprint density at radius 2 is 1.85 bits per heavy atom. The van der Waals surface area contributed by atoms with E-state index in [1.807, 2.05) is 6.92 Å². The van der Waals surface area contributed by atoms with Crippen molar-refractivity contribution in [1.29, 1.82) is 0 Å². The summed E-state index contributed by atoms with van der Waals surface area (Å²) in [7, 11) is 3.59. The van der Waals surface area contributed by atoms with Crippen LogP contribution in [0.2, 0.25) is 0 Å². The smallest absolute Gasteiger partial charge is 0.167 e. The lowest BCUT2D eigenvalue weighted by atomic mass is 10.1. The molecule has 0 amide bonds. The Morgan fingerprint density at radius 3 is 2.15 bits per heavy atom. The van der Waals surface area contributed by atoms with Crippen molar-refractivity contribution in [2.75, 3.05) is 14.1 Å². The number of nitrogens with zero attached hydrogens (tertiary/aromatic N) is 1. The second kappa shape index (κ2) is 5.51. The Labute approximate surface area is 79.4 Å². The van der Waals surface area contributed by atoms with Crippen LogP contribution in [0.25, 0.3) is 0 Å². The first-order valence-electron chi connectivity index (χ1n) is 4.41. The van der Waals surface area contributed by atoms with Gasteiger partial charge in [0.2, 0.25) is 0 Å². The van der Waals surface area contributed by atoms with Crippen molar-refractivity contribution in [3.05, 3.63) is 11.8 Å². The maximum Gasteiger partial charge on any atom is 0.167 e. The summed E-state index contributed by atoms with van der Waals surface area (Å²) in [6, 6.07) is 0. The molecule has 0 aliphatic rings. The van der Waals surface area contributed by atoms with Gasteiger partial charge in [0.25, 0.3) is 0 Å². The molecule has 0 aliphatic carbocycles. The third kappa shape index (κ3) is 4.45. The molecule has 0 aromatic carbocycles. The predicted molar refractivity (Wildman–Crippen MR) is 52.4 cm³/mol. The molecule has 3 heteroatoms. The molecule has 0 atom stereocenters. The van der Waals surface area contributed by atoms with E-state index in [4.69, 9.17) is 0 Å². The minimum Gasteiger partial charge on any atom is -0.383 e. The topological polar surface area (TPSA) is 37.4 Å². The van der Waals surface area contributed by atoms with Gasteiger partial charge in [0.15, 0.2) is 11.6 Å². The van der Waals surface area contributed by atoms with E-state index in [9.17, 15) is 9.59 Å². The van der Waals surface area contributed by atoms with Crippen molar-refractivity contribution >= 4 is 11.6 Å². The van der Waals surface area contributed by atoms with Gasteiger partial charge in [-0.15, -0.1) is 0 Å². The highest BCUT2D eigenvalue weighted by molar-refractivity contribution is 6.19. The summed E-state index contributed by atoms with van der Waals surface area (Å²) >= 11 is 0. The number of ketones is 2. The van der Waals surface area contributed by atoms with Crippen LogP contribution in [-0.4, -0.2) is 30.6 Å². The Morgan fingerprint density at radius 1 is 1.31 bits per heavy atom. The van der Waals surface area contributed by atoms with Gasteiger partial charge in [-0.2, -0.15) is 0 Å². The molecule has 0 spiro atoms. The highest BCUT2D eigenvalue weighted by atomic mass is 16.1. The number of hydrogen-bond donors (Lipinski definition) is 0. The minimum atomic E-state index is -0.160. The monoisotopic (exact) mass is 183 g/mol. The average Bonchev–Trinajstić information content (AvgIpc) is 1.99. The van der Waals surface area contributed by atoms with Crippen LogP contribution in [0.4, 0.5) is 0 Å². The summed E-state index contributed by atoms with van der Waals surface area (Å²) in [5, 5.41) is 0. The van der Waals surface area contributed by atoms with Gasteiger partial charge in [-0.05, 0) is 13.3 Å². The van der Waals surface area contributed by atoms with E-state index < -0.39 is 0 Å². The number of rotatable bonds is 5. The number of carbonyl (C=O) groups excluding carboxylic acids is 2. The molecule has 74 valence electrons. The number of hydrogen-bond acceptors (Lipinski definition) is 3. The van der Waals surface area contributed by atoms with Crippen LogP contribution >= 0.6 is 0 Å². The van der Waals surface area contributed by atoms with Crippen molar-refractivity contribution in [1.82, 2.24) is 4.90 Å². The molecule has 0 saturated carbocycles. The van der Waals surface area contributed by atoms with Crippen molar-refractivity contribution in [2.45, 2.75) is 26.7 Å². The normalized spacial score (nSPS) is 11.2. The molecule has 0 bridgehead atoms. The molecule has 0 unspecified atom stereocenters. The van der Waals surface area contributed by atoms with Crippen LogP contribution in [0.5, 0.6) is 0 Å². The largest absolute Gasteiger partial charge is 0.383 e. The zero-order chi connectivity index (χ0) is 10.4. The van der Waals surface area contributed by atoms with Crippen LogP contribution in [0.3, 0.4) is 0 Å². The highest BCUT2D eigenvalue weighted by Crippen LogP contribution is 2.04. The standard InChI is InChI=1S/C10H17NO2/c1-5-6-10(13)9(8(2)12)7-11(3)4/h7H,5-6H2,1-4H3/b9-7+. The lowest BCUT2D eigenvalue weighted by molar-refractivity contribution is -0.120. The first-order chi connectivity index (χ1) is 5.99. The maximum absolute atomic E-state index is 11.4. The molecular formula is C10H17NO2. The van der Waals surface area contributed by atoms with Crippen molar-refractivity contribution in [3.8, 4) is 0 Å². The van der Waals surface area contributed by atoms with Crippen LogP contribution < -0.4 is 0 Å². The second-order valence-corrected chi connectivity index (χ2v) is 3.24. The Balaban J connectivity index is 4.61. The number of carbonyl (C=O) groups is 2. The molecule has 13 heavy (non-hydrogen) atoms. The summed E-state index contributed by atoms with van der Waals surface area (Å²) in [6.07, 6.45) is 2.80. The molecule has 3 nitrogen and oxygen atoms in total. The Hall–Kier alpha value is -1.12. The van der Waals surface area contributed by atoms with E-state index in [2.05, 4.69) is 0 Å². The molecule has 0 aliphatic heterocycles. The van der Waals surface area contributed by atoms with E-state index >= 15 is 0 Å². The van der Waals surface area contributed by atoms with Gasteiger partial charge in [-0.25, -0.2) is 0 Å². The van der Waals surface area contributed by atoms with Crippen molar-refractivity contribution in [2.24, 2.45) is 0 Å². The predicted octanol–water partition coefficient (Wildman–Crippen LogP) is 1.39. The van der Waals surface area contributed by atoms with Crippen molar-refractivity contribution in [3.63, 3.8) is 0 Å². The van der Waals surface area contributed by atoms with Gasteiger partial charge >= 0.3 is 0 Å². The SMILES string of the molecule is CCCC(=O)/C(=C/N(C)C)C(C)=O. The van der Waals surface area contributed by atoms with Crippen molar-refractivity contribution < 1.29 is 9.59 Å². The summed E-state index contributed by atoms with van der Waals surface area (Å²) in [5.74, 6) is -0.226. The van der Waals surface area contributed by atoms with Crippen LogP contribution in [0, 0.1) is 0 Å². The summed E-state index contributed by atoms with van der Waals surface area (Å²) in [6.45, 7) is 3.34. The molecule has 0 rings (SSSR count). The lowest BCUT2D eigenvalue weighted by Crippen LogP contribution is -2.14. The first-order valence-corrected chi connectivity index (χ1v) is 4.41. The fourth-order valence-corrected chi connectivity index (χ4v) is 0.979. The maximum atomic E-state index is 11.4. The van der Waals surface area contributed by atoms with E-state index in [0.717, 1.165) is 6.42 Å². The van der Waals surface area contributed by atoms with E-state index in [0.29, 0.717) is 12.0 Å². The average molecular weight is 183 g/mol. The molecule has 0 saturated heterocycles. The van der Waals surface area contributed by atoms with Gasteiger partial charge in [-0.3, -0.25) is 9.59 Å². The summed E-state index contributed by atoms with van der Waals surface area (Å²) in [5.41, 5.74) is 0.298. The zero-order valence-electron chi connectivity index (χ0n) is 8.76. The molecular weight excluding hydrogens is 166 g/mol. The fraction of sp³-hybridized carbons (Fsp3) is 0.600. The number of Topliss-reactive ketones (excluding diaryl/α,β-unsaturated/α-hetero) is 2. The lowest BCUT2D eigenvalue weighted by Gasteiger charge is -2.08. The molecule has 0 fully saturated rings. The van der Waals surface area contributed by atoms with Gasteiger partial charge in [0.1, 0.15) is 0 Å². The second-order valence-electron chi connectivity index (χ2n) is 3.24. The van der Waals surface area contributed by atoms with Crippen LogP contribution in [-0.2, 0) is 9.59 Å². The third-order valence-corrected chi connectivity index (χ3v) is 1.54. The molecule has 0 radical (unpaired) electrons. The Kier molecular flexibility index (Phi) is 5.04. The van der Waals surface area contributed by atoms with Gasteiger partial charge in [0.05, 0.1) is 5.57 Å². The highest BCUT2D eigenvalue weighted by Gasteiger charge is 2.13. The van der Waals surface area contributed by atoms with Gasteiger partial charge in [-0.1, -0.05) is 6.92 Å². The minimum absolute atomic E-state index is 0.0660. The van der Waals surface area contributed by atoms with E-state index in [-0.39, 0.29) is 11.6 Å².